The number of methoxy groups -OCH3 is 1. The first-order valence-electron chi connectivity index (χ1n) is 5.51. The molecule has 1 rings (SSSR count). The highest BCUT2D eigenvalue weighted by molar-refractivity contribution is 6.00. The molecule has 1 aromatic rings. The Morgan fingerprint density at radius 1 is 1.41 bits per heavy atom. The molecular weight excluding hydrogens is 218 g/mol. The van der Waals surface area contributed by atoms with Crippen molar-refractivity contribution in [1.82, 2.24) is 4.90 Å². The first-order valence-corrected chi connectivity index (χ1v) is 5.51. The number of ether oxygens (including phenoxy) is 1. The van der Waals surface area contributed by atoms with Gasteiger partial charge in [0.2, 0.25) is 6.41 Å². The summed E-state index contributed by atoms with van der Waals surface area (Å²) in [7, 11) is 1.59. The molecule has 4 nitrogen and oxygen atoms in total. The highest BCUT2D eigenvalue weighted by atomic mass is 16.5. The Balaban J connectivity index is 2.72. The zero-order valence-electron chi connectivity index (χ0n) is 10.2. The molecule has 92 valence electrons. The van der Waals surface area contributed by atoms with Crippen LogP contribution in [0.15, 0.2) is 24.3 Å². The van der Waals surface area contributed by atoms with Crippen LogP contribution in [0.1, 0.15) is 22.3 Å². The van der Waals surface area contributed by atoms with E-state index < -0.39 is 0 Å². The van der Waals surface area contributed by atoms with Crippen LogP contribution in [0.2, 0.25) is 0 Å². The fraction of sp³-hybridized carbons (Fsp3) is 0.385. The fourth-order valence-corrected chi connectivity index (χ4v) is 1.55. The lowest BCUT2D eigenvalue weighted by molar-refractivity contribution is -0.116. The largest absolute Gasteiger partial charge is 0.385 e. The Morgan fingerprint density at radius 2 is 2.12 bits per heavy atom. The van der Waals surface area contributed by atoms with Crippen LogP contribution in [0, 0.1) is 6.92 Å². The molecule has 0 aliphatic carbocycles. The number of carbonyl (C=O) groups excluding carboxylic acids is 2. The number of aryl methyl sites for hydroxylation is 1. The van der Waals surface area contributed by atoms with Gasteiger partial charge < -0.3 is 4.74 Å². The van der Waals surface area contributed by atoms with E-state index in [4.69, 9.17) is 4.74 Å². The van der Waals surface area contributed by atoms with Crippen LogP contribution in [0.5, 0.6) is 0 Å². The van der Waals surface area contributed by atoms with Gasteiger partial charge in [0.1, 0.15) is 0 Å². The summed E-state index contributed by atoms with van der Waals surface area (Å²) in [6.07, 6.45) is 1.22. The molecule has 0 spiro atoms. The van der Waals surface area contributed by atoms with E-state index in [2.05, 4.69) is 0 Å². The lowest BCUT2D eigenvalue weighted by atomic mass is 10.1. The van der Waals surface area contributed by atoms with Crippen molar-refractivity contribution >= 4 is 12.3 Å². The van der Waals surface area contributed by atoms with Gasteiger partial charge in [0.25, 0.3) is 5.91 Å². The van der Waals surface area contributed by atoms with Crippen molar-refractivity contribution < 1.29 is 14.3 Å². The van der Waals surface area contributed by atoms with E-state index >= 15 is 0 Å². The second-order valence-electron chi connectivity index (χ2n) is 3.77. The molecule has 0 unspecified atom stereocenters. The van der Waals surface area contributed by atoms with Crippen molar-refractivity contribution in [1.29, 1.82) is 0 Å². The molecule has 0 heterocycles. The first kappa shape index (κ1) is 13.4. The Labute approximate surface area is 101 Å². The maximum absolute atomic E-state index is 12.0. The molecule has 0 atom stereocenters. The van der Waals surface area contributed by atoms with Gasteiger partial charge in [-0.05, 0) is 25.0 Å². The average molecular weight is 235 g/mol. The molecule has 17 heavy (non-hydrogen) atoms. The summed E-state index contributed by atoms with van der Waals surface area (Å²) in [5.74, 6) is -0.255. The third-order valence-electron chi connectivity index (χ3n) is 2.51. The van der Waals surface area contributed by atoms with Crippen molar-refractivity contribution in [3.05, 3.63) is 35.4 Å². The third kappa shape index (κ3) is 3.67. The molecule has 0 aliphatic rings. The van der Waals surface area contributed by atoms with E-state index in [9.17, 15) is 9.59 Å². The van der Waals surface area contributed by atoms with Gasteiger partial charge in [-0.15, -0.1) is 0 Å². The van der Waals surface area contributed by atoms with Gasteiger partial charge in [0, 0.05) is 25.8 Å². The second-order valence-corrected chi connectivity index (χ2v) is 3.77. The number of amides is 2. The molecule has 0 aliphatic heterocycles. The maximum atomic E-state index is 12.0. The van der Waals surface area contributed by atoms with Gasteiger partial charge in [0.05, 0.1) is 0 Å². The number of hydrogen-bond acceptors (Lipinski definition) is 3. The van der Waals surface area contributed by atoms with Crippen LogP contribution in [0.3, 0.4) is 0 Å². The Hall–Kier alpha value is -1.68. The number of benzene rings is 1. The second kappa shape index (κ2) is 6.81. The average Bonchev–Trinajstić information content (AvgIpc) is 2.35. The predicted octanol–water partition coefficient (Wildman–Crippen LogP) is 1.63. The van der Waals surface area contributed by atoms with Crippen LogP contribution in [-0.4, -0.2) is 37.5 Å². The monoisotopic (exact) mass is 235 g/mol. The van der Waals surface area contributed by atoms with E-state index in [0.29, 0.717) is 31.5 Å². The summed E-state index contributed by atoms with van der Waals surface area (Å²) in [5, 5.41) is 0. The minimum Gasteiger partial charge on any atom is -0.385 e. The molecule has 0 saturated carbocycles. The summed E-state index contributed by atoms with van der Waals surface area (Å²) in [6, 6.07) is 7.23. The molecule has 4 heteroatoms. The molecular formula is C13H17NO3. The number of nitrogens with zero attached hydrogens (tertiary/aromatic N) is 1. The van der Waals surface area contributed by atoms with Crippen molar-refractivity contribution in [2.75, 3.05) is 20.3 Å². The van der Waals surface area contributed by atoms with E-state index in [0.717, 1.165) is 5.56 Å². The molecule has 1 aromatic carbocycles. The summed E-state index contributed by atoms with van der Waals surface area (Å²) >= 11 is 0. The summed E-state index contributed by atoms with van der Waals surface area (Å²) in [6.45, 7) is 2.77. The van der Waals surface area contributed by atoms with Crippen molar-refractivity contribution in [2.45, 2.75) is 13.3 Å². The molecule has 2 amide bonds. The van der Waals surface area contributed by atoms with E-state index in [1.807, 2.05) is 19.1 Å². The minimum absolute atomic E-state index is 0.255. The smallest absolute Gasteiger partial charge is 0.260 e. The third-order valence-corrected chi connectivity index (χ3v) is 2.51. The van der Waals surface area contributed by atoms with Gasteiger partial charge in [-0.3, -0.25) is 14.5 Å². The van der Waals surface area contributed by atoms with Gasteiger partial charge in [-0.2, -0.15) is 0 Å². The normalized spacial score (nSPS) is 10.0. The number of rotatable bonds is 6. The van der Waals surface area contributed by atoms with Gasteiger partial charge in [0.15, 0.2) is 0 Å². The van der Waals surface area contributed by atoms with Crippen molar-refractivity contribution in [2.24, 2.45) is 0 Å². The highest BCUT2D eigenvalue weighted by Gasteiger charge is 2.15. The van der Waals surface area contributed by atoms with Crippen LogP contribution in [0.4, 0.5) is 0 Å². The molecule has 0 N–H and O–H groups in total. The summed E-state index contributed by atoms with van der Waals surface area (Å²) in [5.41, 5.74) is 1.44. The zero-order valence-corrected chi connectivity index (χ0v) is 10.2. The Morgan fingerprint density at radius 3 is 2.71 bits per heavy atom. The molecule has 0 radical (unpaired) electrons. The zero-order chi connectivity index (χ0) is 12.7. The molecule has 0 saturated heterocycles. The van der Waals surface area contributed by atoms with Crippen LogP contribution in [0.25, 0.3) is 0 Å². The predicted molar refractivity (Wildman–Crippen MR) is 64.8 cm³/mol. The quantitative estimate of drug-likeness (QED) is 0.556. The number of hydrogen-bond donors (Lipinski definition) is 0. The summed E-state index contributed by atoms with van der Waals surface area (Å²) in [4.78, 5) is 24.1. The molecule has 0 bridgehead atoms. The minimum atomic E-state index is -0.255. The Kier molecular flexibility index (Phi) is 5.36. The highest BCUT2D eigenvalue weighted by Crippen LogP contribution is 2.10. The van der Waals surface area contributed by atoms with Gasteiger partial charge in [-0.25, -0.2) is 0 Å². The lowest BCUT2D eigenvalue weighted by Crippen LogP contribution is -2.31. The first-order chi connectivity index (χ1) is 8.20. The van der Waals surface area contributed by atoms with E-state index in [-0.39, 0.29) is 5.91 Å². The van der Waals surface area contributed by atoms with E-state index in [1.54, 1.807) is 19.2 Å². The topological polar surface area (TPSA) is 46.6 Å². The van der Waals surface area contributed by atoms with Crippen molar-refractivity contribution in [3.8, 4) is 0 Å². The fourth-order valence-electron chi connectivity index (χ4n) is 1.55. The van der Waals surface area contributed by atoms with Crippen LogP contribution >= 0.6 is 0 Å². The van der Waals surface area contributed by atoms with Crippen LogP contribution in [-0.2, 0) is 9.53 Å². The van der Waals surface area contributed by atoms with E-state index in [1.165, 1.54) is 4.90 Å². The maximum Gasteiger partial charge on any atom is 0.260 e. The number of imide groups is 1. The summed E-state index contributed by atoms with van der Waals surface area (Å²) < 4.78 is 4.89. The van der Waals surface area contributed by atoms with Crippen LogP contribution < -0.4 is 0 Å². The standard InChI is InChI=1S/C13H17NO3/c1-11-6-3-4-7-12(11)13(16)14(10-15)8-5-9-17-2/h3-4,6-7,10H,5,8-9H2,1-2H3. The molecule has 0 aromatic heterocycles. The number of carbonyl (C=O) groups is 2. The lowest BCUT2D eigenvalue weighted by Gasteiger charge is -2.16. The van der Waals surface area contributed by atoms with Gasteiger partial charge in [-0.1, -0.05) is 18.2 Å². The van der Waals surface area contributed by atoms with Crippen molar-refractivity contribution in [3.63, 3.8) is 0 Å². The molecule has 0 fully saturated rings. The SMILES string of the molecule is COCCCN(C=O)C(=O)c1ccccc1C. The van der Waals surface area contributed by atoms with Gasteiger partial charge >= 0.3 is 0 Å². The Bertz CT molecular complexity index is 390.